The van der Waals surface area contributed by atoms with Crippen molar-refractivity contribution in [3.63, 3.8) is 0 Å². The smallest absolute Gasteiger partial charge is 0.317 e. The number of hydrogen-bond donors (Lipinski definition) is 1. The highest BCUT2D eigenvalue weighted by atomic mass is 16.4. The minimum Gasteiger partial charge on any atom is -0.480 e. The number of hydrogen-bond acceptors (Lipinski definition) is 4. The number of aliphatic carboxylic acids is 1. The number of benzene rings is 1. The van der Waals surface area contributed by atoms with Gasteiger partial charge in [0.2, 0.25) is 0 Å². The van der Waals surface area contributed by atoms with Crippen LogP contribution in [0.25, 0.3) is 11.0 Å². The molecule has 1 N–H and O–H groups in total. The van der Waals surface area contributed by atoms with Crippen LogP contribution in [0.4, 0.5) is 0 Å². The van der Waals surface area contributed by atoms with E-state index in [2.05, 4.69) is 38.6 Å². The van der Waals surface area contributed by atoms with E-state index in [1.54, 1.807) is 0 Å². The summed E-state index contributed by atoms with van der Waals surface area (Å²) in [5.74, 6) is 0.399. The van der Waals surface area contributed by atoms with Crippen LogP contribution in [0.1, 0.15) is 127 Å². The summed E-state index contributed by atoms with van der Waals surface area (Å²) < 4.78 is 2.59. The zero-order chi connectivity index (χ0) is 25.9. The van der Waals surface area contributed by atoms with Crippen LogP contribution < -0.4 is 0 Å². The van der Waals surface area contributed by atoms with Gasteiger partial charge in [0, 0.05) is 24.2 Å². The van der Waals surface area contributed by atoms with Gasteiger partial charge in [-0.1, -0.05) is 69.9 Å². The van der Waals surface area contributed by atoms with Crippen molar-refractivity contribution in [2.24, 2.45) is 0 Å². The SMILES string of the molecule is O=C(O)CN1CCCC[C@@H]1c1nc2ccccc2n1[C@H]1CC2CCC[C@@H](C1)N2C1CCCCCCCCC1. The minimum atomic E-state index is -0.729. The van der Waals surface area contributed by atoms with Gasteiger partial charge >= 0.3 is 5.97 Å². The van der Waals surface area contributed by atoms with E-state index in [4.69, 9.17) is 4.98 Å². The third-order valence-electron chi connectivity index (χ3n) is 10.2. The number of para-hydroxylation sites is 2. The van der Waals surface area contributed by atoms with Crippen molar-refractivity contribution >= 4 is 17.0 Å². The number of nitrogens with zero attached hydrogens (tertiary/aromatic N) is 4. The monoisotopic (exact) mass is 520 g/mol. The molecule has 1 unspecified atom stereocenters. The first-order valence-electron chi connectivity index (χ1n) is 15.9. The van der Waals surface area contributed by atoms with Crippen LogP contribution in [0.3, 0.4) is 0 Å². The maximum absolute atomic E-state index is 11.7. The molecule has 4 aliphatic rings. The Morgan fingerprint density at radius 1 is 0.763 bits per heavy atom. The summed E-state index contributed by atoms with van der Waals surface area (Å²) >= 11 is 0. The molecule has 38 heavy (non-hydrogen) atoms. The Hall–Kier alpha value is -1.92. The minimum absolute atomic E-state index is 0.100. The molecular formula is C32H48N4O2. The van der Waals surface area contributed by atoms with E-state index in [1.165, 1.54) is 95.4 Å². The lowest BCUT2D eigenvalue weighted by molar-refractivity contribution is -0.139. The van der Waals surface area contributed by atoms with Gasteiger partial charge in [0.25, 0.3) is 0 Å². The van der Waals surface area contributed by atoms with Crippen molar-refractivity contribution in [1.82, 2.24) is 19.4 Å². The first kappa shape index (κ1) is 26.3. The summed E-state index contributed by atoms with van der Waals surface area (Å²) in [6, 6.07) is 11.3. The molecule has 6 heteroatoms. The van der Waals surface area contributed by atoms with Crippen molar-refractivity contribution in [3.8, 4) is 0 Å². The van der Waals surface area contributed by atoms with Gasteiger partial charge in [-0.25, -0.2) is 4.98 Å². The van der Waals surface area contributed by atoms with Crippen molar-refractivity contribution < 1.29 is 9.90 Å². The number of fused-ring (bicyclic) bond motifs is 3. The standard InChI is InChI=1S/C32H48N4O2/c37-31(38)23-34-20-11-10-19-30(34)32-33-28-17-8-9-18-29(28)36(32)27-21-25-15-12-16-26(22-27)35(25)24-13-6-4-2-1-3-5-7-14-24/h8-9,17-18,24-27,30H,1-7,10-16,19-23H2,(H,37,38)/t25-,26?,27+,30+/m0/s1. The maximum atomic E-state index is 11.7. The molecule has 6 nitrogen and oxygen atoms in total. The highest BCUT2D eigenvalue weighted by molar-refractivity contribution is 5.76. The van der Waals surface area contributed by atoms with Gasteiger partial charge in [-0.05, 0) is 70.0 Å². The van der Waals surface area contributed by atoms with Crippen LogP contribution >= 0.6 is 0 Å². The van der Waals surface area contributed by atoms with E-state index in [9.17, 15) is 9.90 Å². The molecule has 208 valence electrons. The number of likely N-dealkylation sites (tertiary alicyclic amines) is 1. The number of carboxylic acids is 1. The summed E-state index contributed by atoms with van der Waals surface area (Å²) in [5.41, 5.74) is 2.32. The van der Waals surface area contributed by atoms with Crippen LogP contribution in [0, 0.1) is 0 Å². The molecule has 0 amide bonds. The van der Waals surface area contributed by atoms with E-state index in [1.807, 2.05) is 0 Å². The van der Waals surface area contributed by atoms with Crippen LogP contribution in [0.5, 0.6) is 0 Å². The fourth-order valence-electron chi connectivity index (χ4n) is 8.61. The van der Waals surface area contributed by atoms with E-state index in [-0.39, 0.29) is 12.6 Å². The second-order valence-electron chi connectivity index (χ2n) is 12.7. The third kappa shape index (κ3) is 5.54. The number of imidazole rings is 1. The number of carboxylic acid groups (broad SMARTS) is 1. The zero-order valence-corrected chi connectivity index (χ0v) is 23.3. The number of rotatable bonds is 5. The molecule has 1 saturated carbocycles. The molecule has 3 saturated heterocycles. The van der Waals surface area contributed by atoms with Gasteiger partial charge in [0.05, 0.1) is 23.6 Å². The lowest BCUT2D eigenvalue weighted by Crippen LogP contribution is -2.56. The van der Waals surface area contributed by atoms with Crippen molar-refractivity contribution in [2.45, 2.75) is 139 Å². The molecule has 6 rings (SSSR count). The average molecular weight is 521 g/mol. The molecule has 1 aromatic carbocycles. The second-order valence-corrected chi connectivity index (χ2v) is 12.7. The van der Waals surface area contributed by atoms with Gasteiger partial charge in [0.15, 0.2) is 0 Å². The molecule has 3 aliphatic heterocycles. The lowest BCUT2D eigenvalue weighted by Gasteiger charge is -2.53. The molecule has 1 aromatic heterocycles. The highest BCUT2D eigenvalue weighted by Gasteiger charge is 2.43. The molecule has 2 bridgehead atoms. The van der Waals surface area contributed by atoms with E-state index in [0.29, 0.717) is 18.1 Å². The largest absolute Gasteiger partial charge is 0.480 e. The predicted molar refractivity (Wildman–Crippen MR) is 152 cm³/mol. The third-order valence-corrected chi connectivity index (χ3v) is 10.2. The Kier molecular flexibility index (Phi) is 8.36. The molecule has 4 atom stereocenters. The van der Waals surface area contributed by atoms with Crippen molar-refractivity contribution in [3.05, 3.63) is 30.1 Å². The number of piperidine rings is 3. The van der Waals surface area contributed by atoms with Crippen LogP contribution in [-0.2, 0) is 4.79 Å². The molecule has 0 radical (unpaired) electrons. The quantitative estimate of drug-likeness (QED) is 0.456. The number of carbonyl (C=O) groups is 1. The topological polar surface area (TPSA) is 61.6 Å². The first-order valence-corrected chi connectivity index (χ1v) is 15.9. The Balaban J connectivity index is 1.30. The molecule has 0 spiro atoms. The van der Waals surface area contributed by atoms with Crippen molar-refractivity contribution in [1.29, 1.82) is 0 Å². The van der Waals surface area contributed by atoms with Gasteiger partial charge in [-0.15, -0.1) is 0 Å². The molecule has 1 aliphatic carbocycles. The van der Waals surface area contributed by atoms with Crippen LogP contribution in [0.15, 0.2) is 24.3 Å². The van der Waals surface area contributed by atoms with E-state index in [0.717, 1.165) is 43.2 Å². The zero-order valence-electron chi connectivity index (χ0n) is 23.3. The summed E-state index contributed by atoms with van der Waals surface area (Å²) in [6.07, 6.45) is 22.4. The number of aromatic nitrogens is 2. The highest BCUT2D eigenvalue weighted by Crippen LogP contribution is 2.45. The predicted octanol–water partition coefficient (Wildman–Crippen LogP) is 7.10. The van der Waals surface area contributed by atoms with Crippen LogP contribution in [-0.4, -0.2) is 61.6 Å². The summed E-state index contributed by atoms with van der Waals surface area (Å²) in [4.78, 5) is 22.2. The maximum Gasteiger partial charge on any atom is 0.317 e. The molecule has 4 heterocycles. The molecule has 2 aromatic rings. The normalized spacial score (nSPS) is 30.8. The molecular weight excluding hydrogens is 472 g/mol. The fraction of sp³-hybridized carbons (Fsp3) is 0.750. The Labute approximate surface area is 228 Å². The van der Waals surface area contributed by atoms with Crippen molar-refractivity contribution in [2.75, 3.05) is 13.1 Å². The van der Waals surface area contributed by atoms with Gasteiger partial charge in [-0.2, -0.15) is 0 Å². The lowest BCUT2D eigenvalue weighted by atomic mass is 9.79. The van der Waals surface area contributed by atoms with E-state index < -0.39 is 5.97 Å². The van der Waals surface area contributed by atoms with Crippen LogP contribution in [0.2, 0.25) is 0 Å². The first-order chi connectivity index (χ1) is 18.7. The van der Waals surface area contributed by atoms with Gasteiger partial charge < -0.3 is 9.67 Å². The summed E-state index contributed by atoms with van der Waals surface area (Å²) in [6.45, 7) is 0.963. The van der Waals surface area contributed by atoms with Gasteiger partial charge in [-0.3, -0.25) is 14.6 Å². The Morgan fingerprint density at radius 3 is 2.11 bits per heavy atom. The summed E-state index contributed by atoms with van der Waals surface area (Å²) in [5, 5.41) is 9.65. The second kappa shape index (κ2) is 12.1. The van der Waals surface area contributed by atoms with E-state index >= 15 is 0 Å². The summed E-state index contributed by atoms with van der Waals surface area (Å²) in [7, 11) is 0. The molecule has 4 fully saturated rings. The fourth-order valence-corrected chi connectivity index (χ4v) is 8.61. The Morgan fingerprint density at radius 2 is 1.39 bits per heavy atom. The van der Waals surface area contributed by atoms with Gasteiger partial charge in [0.1, 0.15) is 5.82 Å². The average Bonchev–Trinajstić information content (AvgIpc) is 3.30. The Bertz CT molecular complexity index is 1060.